The Hall–Kier alpha value is -3.44. The van der Waals surface area contributed by atoms with Crippen molar-refractivity contribution >= 4 is 21.9 Å². The number of nitrogens with one attached hydrogen (secondary N) is 1. The fourth-order valence-electron chi connectivity index (χ4n) is 4.35. The van der Waals surface area contributed by atoms with Crippen molar-refractivity contribution < 1.29 is 27.1 Å². The van der Waals surface area contributed by atoms with Crippen molar-refractivity contribution in [3.05, 3.63) is 48.0 Å². The highest BCUT2D eigenvalue weighted by Gasteiger charge is 2.32. The zero-order chi connectivity index (χ0) is 24.4. The number of fused-ring (bicyclic) bond motifs is 1. The molecule has 5 rings (SSSR count). The van der Waals surface area contributed by atoms with E-state index < -0.39 is 15.9 Å². The maximum Gasteiger partial charge on any atom is 0.322 e. The summed E-state index contributed by atoms with van der Waals surface area (Å²) in [4.78, 5) is 12.9. The van der Waals surface area contributed by atoms with Crippen molar-refractivity contribution in [1.82, 2.24) is 14.5 Å². The molecule has 1 N–H and O–H groups in total. The van der Waals surface area contributed by atoms with Gasteiger partial charge in [0.2, 0.25) is 15.9 Å². The molecular formula is C24H26N4O6S. The minimum absolute atomic E-state index is 0.0117. The summed E-state index contributed by atoms with van der Waals surface area (Å²) in [6, 6.07) is 11.1. The van der Waals surface area contributed by atoms with Crippen LogP contribution in [0.3, 0.4) is 0 Å². The van der Waals surface area contributed by atoms with Crippen LogP contribution < -0.4 is 14.8 Å². The Morgan fingerprint density at radius 1 is 1.06 bits per heavy atom. The van der Waals surface area contributed by atoms with Gasteiger partial charge in [0.15, 0.2) is 11.5 Å². The van der Waals surface area contributed by atoms with E-state index in [9.17, 15) is 13.2 Å². The van der Waals surface area contributed by atoms with Crippen LogP contribution in [0.5, 0.6) is 11.5 Å². The van der Waals surface area contributed by atoms with Gasteiger partial charge >= 0.3 is 6.01 Å². The monoisotopic (exact) mass is 498 g/mol. The normalized spacial score (nSPS) is 18.3. The molecule has 0 saturated carbocycles. The standard InChI is InChI=1S/C24H26N4O6S/c1-2-18-5-3-4-12-28(18)35(30,31)19-9-6-16(7-10-19)22(29)25-24-27-26-23(34-24)17-8-11-20-21(15-17)33-14-13-32-20/h6-11,15,18H,2-5,12-14H2,1H3,(H,25,27,29). The van der Waals surface area contributed by atoms with Crippen LogP contribution in [0, 0.1) is 0 Å². The van der Waals surface area contributed by atoms with E-state index in [0.717, 1.165) is 25.7 Å². The molecule has 3 heterocycles. The molecule has 2 aliphatic heterocycles. The van der Waals surface area contributed by atoms with Gasteiger partial charge in [-0.25, -0.2) is 8.42 Å². The highest BCUT2D eigenvalue weighted by molar-refractivity contribution is 7.89. The third kappa shape index (κ3) is 4.73. The number of hydrogen-bond donors (Lipinski definition) is 1. The SMILES string of the molecule is CCC1CCCCN1S(=O)(=O)c1ccc(C(=O)Nc2nnc(-c3ccc4c(c3)OCCO4)o2)cc1. The summed E-state index contributed by atoms with van der Waals surface area (Å²) < 4.78 is 44.5. The van der Waals surface area contributed by atoms with Crippen LogP contribution in [0.15, 0.2) is 51.8 Å². The van der Waals surface area contributed by atoms with Gasteiger partial charge in [-0.15, -0.1) is 5.10 Å². The Bertz CT molecular complexity index is 1320. The van der Waals surface area contributed by atoms with E-state index in [1.807, 2.05) is 6.92 Å². The van der Waals surface area contributed by atoms with E-state index in [4.69, 9.17) is 13.9 Å². The highest BCUT2D eigenvalue weighted by atomic mass is 32.2. The van der Waals surface area contributed by atoms with E-state index in [-0.39, 0.29) is 28.4 Å². The van der Waals surface area contributed by atoms with Crippen LogP contribution in [0.2, 0.25) is 0 Å². The highest BCUT2D eigenvalue weighted by Crippen LogP contribution is 2.34. The molecule has 35 heavy (non-hydrogen) atoms. The number of carbonyl (C=O) groups is 1. The maximum absolute atomic E-state index is 13.1. The van der Waals surface area contributed by atoms with Crippen LogP contribution in [0.1, 0.15) is 43.0 Å². The predicted molar refractivity (Wildman–Crippen MR) is 127 cm³/mol. The summed E-state index contributed by atoms with van der Waals surface area (Å²) in [7, 11) is -3.62. The fourth-order valence-corrected chi connectivity index (χ4v) is 6.12. The Morgan fingerprint density at radius 3 is 2.60 bits per heavy atom. The molecule has 0 spiro atoms. The Balaban J connectivity index is 1.27. The van der Waals surface area contributed by atoms with Crippen LogP contribution in [0.4, 0.5) is 6.01 Å². The molecule has 1 amide bonds. The van der Waals surface area contributed by atoms with E-state index in [2.05, 4.69) is 15.5 Å². The second-order valence-corrected chi connectivity index (χ2v) is 10.3. The quantitative estimate of drug-likeness (QED) is 0.545. The van der Waals surface area contributed by atoms with Gasteiger partial charge in [0, 0.05) is 23.7 Å². The van der Waals surface area contributed by atoms with Crippen molar-refractivity contribution in [2.24, 2.45) is 0 Å². The van der Waals surface area contributed by atoms with Crippen molar-refractivity contribution in [2.45, 2.75) is 43.5 Å². The van der Waals surface area contributed by atoms with Gasteiger partial charge in [-0.2, -0.15) is 4.31 Å². The molecular weight excluding hydrogens is 472 g/mol. The molecule has 1 fully saturated rings. The van der Waals surface area contributed by atoms with Crippen molar-refractivity contribution in [3.8, 4) is 23.0 Å². The molecule has 1 unspecified atom stereocenters. The smallest absolute Gasteiger partial charge is 0.322 e. The lowest BCUT2D eigenvalue weighted by molar-refractivity contribution is 0.102. The first-order chi connectivity index (χ1) is 17.0. The average Bonchev–Trinajstić information content (AvgIpc) is 3.37. The lowest BCUT2D eigenvalue weighted by Gasteiger charge is -2.34. The third-order valence-corrected chi connectivity index (χ3v) is 8.17. The first kappa shape index (κ1) is 23.3. The number of rotatable bonds is 6. The molecule has 2 aromatic carbocycles. The summed E-state index contributed by atoms with van der Waals surface area (Å²) in [5.74, 6) is 0.952. The maximum atomic E-state index is 13.1. The van der Waals surface area contributed by atoms with Crippen LogP contribution in [-0.2, 0) is 10.0 Å². The molecule has 0 radical (unpaired) electrons. The zero-order valence-corrected chi connectivity index (χ0v) is 20.1. The van der Waals surface area contributed by atoms with Crippen molar-refractivity contribution in [2.75, 3.05) is 25.1 Å². The van der Waals surface area contributed by atoms with E-state index in [0.29, 0.717) is 36.8 Å². The first-order valence-corrected chi connectivity index (χ1v) is 13.1. The Morgan fingerprint density at radius 2 is 1.83 bits per heavy atom. The van der Waals surface area contributed by atoms with Crippen LogP contribution in [0.25, 0.3) is 11.5 Å². The topological polar surface area (TPSA) is 124 Å². The number of ether oxygens (including phenoxy) is 2. The van der Waals surface area contributed by atoms with Gasteiger partial charge in [-0.05, 0) is 61.7 Å². The molecule has 1 atom stereocenters. The largest absolute Gasteiger partial charge is 0.486 e. The number of anilines is 1. The van der Waals surface area contributed by atoms with Gasteiger partial charge in [-0.3, -0.25) is 10.1 Å². The summed E-state index contributed by atoms with van der Waals surface area (Å²) in [5.41, 5.74) is 0.897. The number of nitrogens with zero attached hydrogens (tertiary/aromatic N) is 3. The van der Waals surface area contributed by atoms with Crippen molar-refractivity contribution in [1.29, 1.82) is 0 Å². The number of carbonyl (C=O) groups excluding carboxylic acids is 1. The molecule has 0 aliphatic carbocycles. The minimum atomic E-state index is -3.62. The predicted octanol–water partition coefficient (Wildman–Crippen LogP) is 3.71. The number of hydrogen-bond acceptors (Lipinski definition) is 8. The minimum Gasteiger partial charge on any atom is -0.486 e. The second kappa shape index (κ2) is 9.67. The summed E-state index contributed by atoms with van der Waals surface area (Å²) in [6.45, 7) is 3.47. The fraction of sp³-hybridized carbons (Fsp3) is 0.375. The van der Waals surface area contributed by atoms with E-state index in [1.165, 1.54) is 24.3 Å². The second-order valence-electron chi connectivity index (χ2n) is 8.42. The van der Waals surface area contributed by atoms with E-state index in [1.54, 1.807) is 22.5 Å². The van der Waals surface area contributed by atoms with Gasteiger partial charge in [-0.1, -0.05) is 18.4 Å². The Kier molecular flexibility index (Phi) is 6.44. The number of benzene rings is 2. The lowest BCUT2D eigenvalue weighted by Crippen LogP contribution is -2.43. The summed E-state index contributed by atoms with van der Waals surface area (Å²) >= 11 is 0. The molecule has 0 bridgehead atoms. The molecule has 1 aromatic heterocycles. The lowest BCUT2D eigenvalue weighted by atomic mass is 10.0. The van der Waals surface area contributed by atoms with Crippen molar-refractivity contribution in [3.63, 3.8) is 0 Å². The number of aromatic nitrogens is 2. The number of sulfonamides is 1. The molecule has 2 aliphatic rings. The van der Waals surface area contributed by atoms with Crippen LogP contribution >= 0.6 is 0 Å². The molecule has 1 saturated heterocycles. The third-order valence-electron chi connectivity index (χ3n) is 6.20. The summed E-state index contributed by atoms with van der Waals surface area (Å²) in [5, 5.41) is 10.4. The van der Waals surface area contributed by atoms with Gasteiger partial charge < -0.3 is 13.9 Å². The molecule has 11 heteroatoms. The molecule has 3 aromatic rings. The first-order valence-electron chi connectivity index (χ1n) is 11.6. The number of piperidine rings is 1. The number of amides is 1. The zero-order valence-electron chi connectivity index (χ0n) is 19.3. The van der Waals surface area contributed by atoms with E-state index >= 15 is 0 Å². The average molecular weight is 499 g/mol. The van der Waals surface area contributed by atoms with Gasteiger partial charge in [0.1, 0.15) is 13.2 Å². The summed E-state index contributed by atoms with van der Waals surface area (Å²) in [6.07, 6.45) is 3.54. The van der Waals surface area contributed by atoms with Gasteiger partial charge in [0.05, 0.1) is 4.90 Å². The van der Waals surface area contributed by atoms with Crippen LogP contribution in [-0.4, -0.2) is 54.6 Å². The molecule has 10 nitrogen and oxygen atoms in total. The molecule has 184 valence electrons. The Labute approximate surface area is 203 Å². The van der Waals surface area contributed by atoms with Gasteiger partial charge in [0.25, 0.3) is 5.91 Å².